The molecule has 4 rings (SSSR count). The summed E-state index contributed by atoms with van der Waals surface area (Å²) in [5, 5.41) is 15.9. The van der Waals surface area contributed by atoms with Crippen LogP contribution in [0.1, 0.15) is 59.4 Å². The number of halogens is 1. The van der Waals surface area contributed by atoms with E-state index in [1.54, 1.807) is 0 Å². The molecule has 2 aliphatic rings. The Morgan fingerprint density at radius 3 is 2.31 bits per heavy atom. The van der Waals surface area contributed by atoms with Crippen LogP contribution in [0.3, 0.4) is 0 Å². The molecule has 29 heavy (non-hydrogen) atoms. The van der Waals surface area contributed by atoms with Crippen LogP contribution in [0.25, 0.3) is 0 Å². The van der Waals surface area contributed by atoms with Crippen molar-refractivity contribution in [3.05, 3.63) is 50.6 Å². The molecule has 1 heterocycles. The van der Waals surface area contributed by atoms with E-state index in [4.69, 9.17) is 5.14 Å². The highest BCUT2D eigenvalue weighted by Crippen LogP contribution is 2.36. The standard InChI is InChI=1S/C21H25FN2O3S2/c1-21(2,26)18-11-17(22)20(28-18)29(23,27)24-19(25)10-16-14-7-3-5-12(14)9-13-6-4-8-15(13)16/h9,11,26H,3-8,10H2,1-2H3,(H2,23,24,25,27). The number of rotatable bonds is 4. The Morgan fingerprint density at radius 1 is 1.21 bits per heavy atom. The monoisotopic (exact) mass is 436 g/mol. The maximum absolute atomic E-state index is 14.3. The number of carbonyl (C=O) groups is 1. The number of aryl methyl sites for hydroxylation is 2. The molecule has 0 spiro atoms. The number of carbonyl (C=O) groups excluding carboxylic acids is 1. The fourth-order valence-corrected chi connectivity index (χ4v) is 6.79. The Bertz CT molecular complexity index is 1090. The van der Waals surface area contributed by atoms with Gasteiger partial charge in [-0.1, -0.05) is 6.07 Å². The second kappa shape index (κ2) is 7.27. The first-order valence-corrected chi connectivity index (χ1v) is 12.2. The van der Waals surface area contributed by atoms with Crippen molar-refractivity contribution in [1.82, 2.24) is 0 Å². The average Bonchev–Trinajstić information content (AvgIpc) is 3.31. The van der Waals surface area contributed by atoms with Crippen molar-refractivity contribution < 1.29 is 18.5 Å². The van der Waals surface area contributed by atoms with Gasteiger partial charge in [0.15, 0.2) is 19.9 Å². The third kappa shape index (κ3) is 3.91. The lowest BCUT2D eigenvalue weighted by atomic mass is 9.92. The summed E-state index contributed by atoms with van der Waals surface area (Å²) in [5.74, 6) is -1.40. The molecule has 0 saturated carbocycles. The van der Waals surface area contributed by atoms with Gasteiger partial charge in [0.25, 0.3) is 5.91 Å². The largest absolute Gasteiger partial charge is 0.385 e. The Morgan fingerprint density at radius 2 is 1.79 bits per heavy atom. The average molecular weight is 437 g/mol. The molecule has 2 aromatic rings. The Balaban J connectivity index is 1.68. The number of hydrogen-bond donors (Lipinski definition) is 2. The van der Waals surface area contributed by atoms with Crippen LogP contribution in [0.4, 0.5) is 4.39 Å². The minimum Gasteiger partial charge on any atom is -0.385 e. The minimum absolute atomic E-state index is 0.0467. The predicted molar refractivity (Wildman–Crippen MR) is 112 cm³/mol. The van der Waals surface area contributed by atoms with Crippen molar-refractivity contribution in [1.29, 1.82) is 0 Å². The van der Waals surface area contributed by atoms with Gasteiger partial charge in [-0.25, -0.2) is 13.7 Å². The summed E-state index contributed by atoms with van der Waals surface area (Å²) in [4.78, 5) is 13.0. The first-order valence-electron chi connectivity index (χ1n) is 9.81. The van der Waals surface area contributed by atoms with Crippen LogP contribution in [0.2, 0.25) is 0 Å². The van der Waals surface area contributed by atoms with Gasteiger partial charge in [0.1, 0.15) is 0 Å². The van der Waals surface area contributed by atoms with Gasteiger partial charge in [0, 0.05) is 4.88 Å². The molecule has 0 radical (unpaired) electrons. The van der Waals surface area contributed by atoms with E-state index in [1.807, 2.05) is 0 Å². The van der Waals surface area contributed by atoms with Gasteiger partial charge in [0.2, 0.25) is 0 Å². The lowest BCUT2D eigenvalue weighted by molar-refractivity contribution is -0.117. The zero-order valence-corrected chi connectivity index (χ0v) is 18.2. The molecule has 0 saturated heterocycles. The van der Waals surface area contributed by atoms with Gasteiger partial charge >= 0.3 is 0 Å². The first-order chi connectivity index (χ1) is 13.6. The van der Waals surface area contributed by atoms with E-state index in [2.05, 4.69) is 10.4 Å². The van der Waals surface area contributed by atoms with Gasteiger partial charge in [-0.15, -0.1) is 15.7 Å². The second-order valence-electron chi connectivity index (χ2n) is 8.37. The van der Waals surface area contributed by atoms with E-state index in [0.29, 0.717) is 0 Å². The van der Waals surface area contributed by atoms with Crippen LogP contribution >= 0.6 is 11.3 Å². The summed E-state index contributed by atoms with van der Waals surface area (Å²) in [6.07, 6.45) is 6.12. The summed E-state index contributed by atoms with van der Waals surface area (Å²) in [6.45, 7) is 3.00. The molecule has 1 aromatic heterocycles. The molecule has 8 heteroatoms. The summed E-state index contributed by atoms with van der Waals surface area (Å²) in [7, 11) is -3.72. The molecule has 0 bridgehead atoms. The smallest absolute Gasteiger partial charge is 0.259 e. The fourth-order valence-electron chi connectivity index (χ4n) is 4.38. The molecule has 1 unspecified atom stereocenters. The molecule has 1 atom stereocenters. The summed E-state index contributed by atoms with van der Waals surface area (Å²) in [6, 6.07) is 3.38. The topological polar surface area (TPSA) is 92.8 Å². The van der Waals surface area contributed by atoms with Crippen LogP contribution in [0.5, 0.6) is 0 Å². The molecule has 0 fully saturated rings. The molecule has 156 valence electrons. The maximum atomic E-state index is 14.3. The number of amides is 1. The fraction of sp³-hybridized carbons (Fsp3) is 0.476. The van der Waals surface area contributed by atoms with Crippen molar-refractivity contribution in [2.75, 3.05) is 0 Å². The summed E-state index contributed by atoms with van der Waals surface area (Å²) >= 11 is 0.790. The van der Waals surface area contributed by atoms with Crippen LogP contribution < -0.4 is 5.14 Å². The SMILES string of the molecule is CC(C)(O)c1cc(F)c(S(N)(=O)=NC(=O)Cc2c3c(cc4c2CCC4)CCC3)s1. The van der Waals surface area contributed by atoms with Gasteiger partial charge in [0.05, 0.1) is 12.0 Å². The Hall–Kier alpha value is -1.61. The zero-order chi connectivity index (χ0) is 21.0. The van der Waals surface area contributed by atoms with Crippen molar-refractivity contribution >= 4 is 27.2 Å². The molecule has 1 aromatic carbocycles. The quantitative estimate of drug-likeness (QED) is 0.767. The highest BCUT2D eigenvalue weighted by molar-refractivity contribution is 7.93. The van der Waals surface area contributed by atoms with E-state index in [-0.39, 0.29) is 15.5 Å². The number of aliphatic hydroxyl groups is 1. The lowest BCUT2D eigenvalue weighted by Crippen LogP contribution is -2.17. The van der Waals surface area contributed by atoms with Crippen LogP contribution in [-0.2, 0) is 52.4 Å². The number of hydrogen-bond acceptors (Lipinski definition) is 4. The molecular weight excluding hydrogens is 411 g/mol. The molecule has 3 N–H and O–H groups in total. The lowest BCUT2D eigenvalue weighted by Gasteiger charge is -2.14. The number of benzene rings is 1. The second-order valence-corrected chi connectivity index (χ2v) is 11.4. The van der Waals surface area contributed by atoms with Crippen molar-refractivity contribution in [2.45, 2.75) is 68.6 Å². The first kappa shape index (κ1) is 20.7. The van der Waals surface area contributed by atoms with E-state index in [1.165, 1.54) is 36.1 Å². The van der Waals surface area contributed by atoms with E-state index in [0.717, 1.165) is 61.5 Å². The van der Waals surface area contributed by atoms with Crippen molar-refractivity contribution in [3.63, 3.8) is 0 Å². The van der Waals surface area contributed by atoms with E-state index in [9.17, 15) is 18.5 Å². The van der Waals surface area contributed by atoms with Gasteiger partial charge < -0.3 is 5.11 Å². The van der Waals surface area contributed by atoms with E-state index >= 15 is 0 Å². The Labute approximate surface area is 174 Å². The van der Waals surface area contributed by atoms with Gasteiger partial charge in [-0.2, -0.15) is 0 Å². The van der Waals surface area contributed by atoms with Crippen LogP contribution in [0, 0.1) is 5.82 Å². The van der Waals surface area contributed by atoms with Crippen LogP contribution in [0.15, 0.2) is 20.7 Å². The third-order valence-electron chi connectivity index (χ3n) is 5.69. The van der Waals surface area contributed by atoms with E-state index < -0.39 is 27.2 Å². The number of fused-ring (bicyclic) bond motifs is 2. The summed E-state index contributed by atoms with van der Waals surface area (Å²) < 4.78 is 30.7. The minimum atomic E-state index is -3.72. The molecule has 5 nitrogen and oxygen atoms in total. The third-order valence-corrected chi connectivity index (χ3v) is 9.07. The molecular formula is C21H25FN2O3S2. The molecule has 0 aliphatic heterocycles. The molecule has 2 aliphatic carbocycles. The van der Waals surface area contributed by atoms with Crippen LogP contribution in [-0.4, -0.2) is 15.2 Å². The summed E-state index contributed by atoms with van der Waals surface area (Å²) in [5.41, 5.74) is 4.78. The van der Waals surface area contributed by atoms with Crippen molar-refractivity contribution in [3.8, 4) is 0 Å². The number of nitrogens with two attached hydrogens (primary N) is 1. The normalized spacial score (nSPS) is 17.7. The molecule has 1 amide bonds. The zero-order valence-electron chi connectivity index (χ0n) is 16.6. The predicted octanol–water partition coefficient (Wildman–Crippen LogP) is 3.56. The highest BCUT2D eigenvalue weighted by atomic mass is 32.2. The Kier molecular flexibility index (Phi) is 5.17. The highest BCUT2D eigenvalue weighted by Gasteiger charge is 2.28. The number of thiophene rings is 1. The van der Waals surface area contributed by atoms with Crippen molar-refractivity contribution in [2.24, 2.45) is 9.50 Å². The number of nitrogens with zero attached hydrogens (tertiary/aromatic N) is 1. The van der Waals surface area contributed by atoms with Gasteiger partial charge in [-0.3, -0.25) is 4.79 Å². The maximum Gasteiger partial charge on any atom is 0.259 e. The van der Waals surface area contributed by atoms with Gasteiger partial charge in [-0.05, 0) is 86.3 Å².